The predicted molar refractivity (Wildman–Crippen MR) is 104 cm³/mol. The Morgan fingerprint density at radius 2 is 2.08 bits per heavy atom. The molecule has 2 aromatic rings. The summed E-state index contributed by atoms with van der Waals surface area (Å²) in [6, 6.07) is 0.204. The van der Waals surface area contributed by atoms with Gasteiger partial charge in [0.1, 0.15) is 12.1 Å². The topological polar surface area (TPSA) is 74.2 Å². The second kappa shape index (κ2) is 7.57. The molecule has 7 nitrogen and oxygen atoms in total. The van der Waals surface area contributed by atoms with Gasteiger partial charge in [-0.3, -0.25) is 0 Å². The molecule has 140 valence electrons. The molecule has 1 N–H and O–H groups in total. The van der Waals surface area contributed by atoms with Gasteiger partial charge in [0.25, 0.3) is 0 Å². The van der Waals surface area contributed by atoms with Crippen LogP contribution in [0, 0.1) is 0 Å². The molecule has 8 heteroatoms. The van der Waals surface area contributed by atoms with E-state index in [0.717, 1.165) is 34.3 Å². The van der Waals surface area contributed by atoms with Gasteiger partial charge in [0.05, 0.1) is 17.9 Å². The Labute approximate surface area is 158 Å². The Hall–Kier alpha value is -2.22. The molecule has 1 aliphatic heterocycles. The predicted octanol–water partition coefficient (Wildman–Crippen LogP) is 3.62. The molecule has 0 aliphatic carbocycles. The van der Waals surface area contributed by atoms with Crippen LogP contribution in [0.4, 0.5) is 15.7 Å². The third kappa shape index (κ3) is 3.80. The lowest BCUT2D eigenvalue weighted by Gasteiger charge is -2.33. The average molecular weight is 375 g/mol. The fourth-order valence-electron chi connectivity index (χ4n) is 2.77. The van der Waals surface area contributed by atoms with Crippen LogP contribution in [0.1, 0.15) is 50.6 Å². The number of hydrogen-bond donors (Lipinski definition) is 1. The minimum atomic E-state index is 0.0387. The zero-order valence-electron chi connectivity index (χ0n) is 16.0. The van der Waals surface area contributed by atoms with E-state index < -0.39 is 0 Å². The maximum atomic E-state index is 12.7. The number of nitrogens with zero attached hydrogens (tertiary/aromatic N) is 5. The molecule has 3 rings (SSSR count). The van der Waals surface area contributed by atoms with Crippen molar-refractivity contribution in [3.63, 3.8) is 0 Å². The highest BCUT2D eigenvalue weighted by Crippen LogP contribution is 2.29. The summed E-state index contributed by atoms with van der Waals surface area (Å²) < 4.78 is 0. The first-order valence-corrected chi connectivity index (χ1v) is 9.81. The number of nitrogens with one attached hydrogen (secondary N) is 1. The first kappa shape index (κ1) is 18.6. The maximum absolute atomic E-state index is 12.7. The van der Waals surface area contributed by atoms with Crippen molar-refractivity contribution in [2.45, 2.75) is 52.6 Å². The number of urea groups is 1. The summed E-state index contributed by atoms with van der Waals surface area (Å²) in [6.45, 7) is 9.46. The second-order valence-electron chi connectivity index (χ2n) is 7.16. The number of anilines is 2. The van der Waals surface area contributed by atoms with Gasteiger partial charge in [0.15, 0.2) is 5.13 Å². The van der Waals surface area contributed by atoms with Crippen LogP contribution in [-0.2, 0) is 13.0 Å². The number of thiazole rings is 1. The van der Waals surface area contributed by atoms with Crippen molar-refractivity contribution in [3.8, 4) is 0 Å². The maximum Gasteiger partial charge on any atom is 0.320 e. The molecule has 1 aliphatic rings. The van der Waals surface area contributed by atoms with E-state index in [1.54, 1.807) is 22.6 Å². The quantitative estimate of drug-likeness (QED) is 0.885. The lowest BCUT2D eigenvalue weighted by molar-refractivity contribution is 0.147. The van der Waals surface area contributed by atoms with Crippen molar-refractivity contribution in [2.24, 2.45) is 0 Å². The van der Waals surface area contributed by atoms with Crippen molar-refractivity contribution in [2.75, 3.05) is 18.9 Å². The van der Waals surface area contributed by atoms with Crippen molar-refractivity contribution in [1.82, 2.24) is 24.8 Å². The number of rotatable bonds is 4. The van der Waals surface area contributed by atoms with Crippen LogP contribution < -0.4 is 5.32 Å². The van der Waals surface area contributed by atoms with Gasteiger partial charge in [-0.05, 0) is 19.8 Å². The molecule has 26 heavy (non-hydrogen) atoms. The smallest absolute Gasteiger partial charge is 0.320 e. The Morgan fingerprint density at radius 3 is 2.73 bits per heavy atom. The summed E-state index contributed by atoms with van der Waals surface area (Å²) in [6.07, 6.45) is 2.31. The molecule has 0 atom stereocenters. The van der Waals surface area contributed by atoms with Gasteiger partial charge in [-0.2, -0.15) is 0 Å². The van der Waals surface area contributed by atoms with Crippen molar-refractivity contribution in [1.29, 1.82) is 0 Å². The number of aromatic nitrogens is 3. The van der Waals surface area contributed by atoms with Gasteiger partial charge in [-0.15, -0.1) is 11.3 Å². The number of amides is 2. The second-order valence-corrected chi connectivity index (χ2v) is 8.02. The van der Waals surface area contributed by atoms with Crippen LogP contribution >= 0.6 is 11.3 Å². The van der Waals surface area contributed by atoms with E-state index in [1.165, 1.54) is 0 Å². The van der Waals surface area contributed by atoms with Crippen molar-refractivity contribution in [3.05, 3.63) is 28.7 Å². The molecule has 0 radical (unpaired) electrons. The van der Waals surface area contributed by atoms with Crippen LogP contribution in [0.15, 0.2) is 11.7 Å². The molecular formula is C18H26N6OS. The third-order valence-electron chi connectivity index (χ3n) is 4.69. The number of fused-ring (bicyclic) bond motifs is 1. The Balaban J connectivity index is 1.81. The molecule has 0 saturated carbocycles. The highest BCUT2D eigenvalue weighted by Gasteiger charge is 2.27. The summed E-state index contributed by atoms with van der Waals surface area (Å²) >= 11 is 1.57. The fourth-order valence-corrected chi connectivity index (χ4v) is 3.64. The van der Waals surface area contributed by atoms with Gasteiger partial charge >= 0.3 is 6.03 Å². The van der Waals surface area contributed by atoms with Crippen LogP contribution in [-0.4, -0.2) is 50.4 Å². The molecule has 0 saturated heterocycles. The lowest BCUT2D eigenvalue weighted by atomic mass is 10.1. The SMILES string of the molecule is CC(C)c1csc(Nc2ncnc3c2CN(C(=O)N(C)C(C)C)CC3)n1. The number of carbonyl (C=O) groups is 1. The molecule has 2 aromatic heterocycles. The first-order chi connectivity index (χ1) is 12.4. The van der Waals surface area contributed by atoms with Crippen LogP contribution in [0.25, 0.3) is 0 Å². The average Bonchev–Trinajstić information content (AvgIpc) is 3.09. The van der Waals surface area contributed by atoms with Crippen LogP contribution in [0.5, 0.6) is 0 Å². The Bertz CT molecular complexity index is 788. The largest absolute Gasteiger partial charge is 0.325 e. The number of hydrogen-bond acceptors (Lipinski definition) is 6. The molecule has 0 fully saturated rings. The standard InChI is InChI=1S/C18H26N6OS/c1-11(2)15-9-26-17(21-15)22-16-13-8-24(18(25)23(5)12(3)4)7-6-14(13)19-10-20-16/h9-12H,6-8H2,1-5H3,(H,19,20,21,22). The molecule has 0 aromatic carbocycles. The van der Waals surface area contributed by atoms with E-state index in [2.05, 4.69) is 39.5 Å². The summed E-state index contributed by atoms with van der Waals surface area (Å²) in [5.74, 6) is 1.13. The highest BCUT2D eigenvalue weighted by molar-refractivity contribution is 7.13. The Kier molecular flexibility index (Phi) is 5.41. The molecule has 0 bridgehead atoms. The van der Waals surface area contributed by atoms with Gasteiger partial charge in [-0.1, -0.05) is 13.8 Å². The molecular weight excluding hydrogens is 348 g/mol. The fraction of sp³-hybridized carbons (Fsp3) is 0.556. The first-order valence-electron chi connectivity index (χ1n) is 8.93. The zero-order valence-corrected chi connectivity index (χ0v) is 16.8. The van der Waals surface area contributed by atoms with E-state index in [0.29, 0.717) is 19.0 Å². The summed E-state index contributed by atoms with van der Waals surface area (Å²) in [4.78, 5) is 29.7. The molecule has 0 unspecified atom stereocenters. The van der Waals surface area contributed by atoms with Gasteiger partial charge in [0, 0.05) is 37.0 Å². The van der Waals surface area contributed by atoms with Gasteiger partial charge in [0.2, 0.25) is 0 Å². The Morgan fingerprint density at radius 1 is 1.31 bits per heavy atom. The molecule has 2 amide bonds. The van der Waals surface area contributed by atoms with E-state index in [1.807, 2.05) is 25.8 Å². The summed E-state index contributed by atoms with van der Waals surface area (Å²) in [5, 5.41) is 6.20. The third-order valence-corrected chi connectivity index (χ3v) is 5.46. The van der Waals surface area contributed by atoms with E-state index in [9.17, 15) is 4.79 Å². The zero-order chi connectivity index (χ0) is 18.8. The summed E-state index contributed by atoms with van der Waals surface area (Å²) in [5.41, 5.74) is 3.04. The highest BCUT2D eigenvalue weighted by atomic mass is 32.1. The summed E-state index contributed by atoms with van der Waals surface area (Å²) in [7, 11) is 1.84. The minimum Gasteiger partial charge on any atom is -0.325 e. The van der Waals surface area contributed by atoms with Crippen LogP contribution in [0.2, 0.25) is 0 Å². The van der Waals surface area contributed by atoms with E-state index in [-0.39, 0.29) is 12.1 Å². The normalized spacial score (nSPS) is 13.9. The van der Waals surface area contributed by atoms with Crippen molar-refractivity contribution < 1.29 is 4.79 Å². The molecule has 3 heterocycles. The number of carbonyl (C=O) groups excluding carboxylic acids is 1. The molecule has 0 spiro atoms. The van der Waals surface area contributed by atoms with Gasteiger partial charge < -0.3 is 15.1 Å². The van der Waals surface area contributed by atoms with E-state index >= 15 is 0 Å². The van der Waals surface area contributed by atoms with Gasteiger partial charge in [-0.25, -0.2) is 19.7 Å². The monoisotopic (exact) mass is 374 g/mol. The minimum absolute atomic E-state index is 0.0387. The van der Waals surface area contributed by atoms with Crippen molar-refractivity contribution >= 4 is 28.3 Å². The van der Waals surface area contributed by atoms with Crippen LogP contribution in [0.3, 0.4) is 0 Å². The lowest BCUT2D eigenvalue weighted by Crippen LogP contribution is -2.46. The van der Waals surface area contributed by atoms with E-state index in [4.69, 9.17) is 0 Å².